The standard InChI is InChI=1S/C16H15FN2O3S/c17-13-8-4-5-9-15(13)23(21,22)18-14-10-11-19(16(14)20)12-6-2-1-3-7-12/h1-9,14,18H,10-11H2/t14-/m1/s1. The maximum absolute atomic E-state index is 13.7. The summed E-state index contributed by atoms with van der Waals surface area (Å²) in [6.45, 7) is 0.410. The summed E-state index contributed by atoms with van der Waals surface area (Å²) in [6.07, 6.45) is 0.335. The van der Waals surface area contributed by atoms with Crippen LogP contribution in [0, 0.1) is 5.82 Å². The van der Waals surface area contributed by atoms with Crippen LogP contribution in [0.3, 0.4) is 0 Å². The Morgan fingerprint density at radius 3 is 2.39 bits per heavy atom. The monoisotopic (exact) mass is 334 g/mol. The Kier molecular flexibility index (Phi) is 4.14. The van der Waals surface area contributed by atoms with Crippen molar-refractivity contribution in [3.8, 4) is 0 Å². The summed E-state index contributed by atoms with van der Waals surface area (Å²) >= 11 is 0. The van der Waals surface area contributed by atoms with Gasteiger partial charge in [-0.1, -0.05) is 30.3 Å². The number of hydrogen-bond donors (Lipinski definition) is 1. The highest BCUT2D eigenvalue weighted by Gasteiger charge is 2.36. The predicted molar refractivity (Wildman–Crippen MR) is 83.9 cm³/mol. The van der Waals surface area contributed by atoms with Crippen molar-refractivity contribution in [1.82, 2.24) is 4.72 Å². The maximum atomic E-state index is 13.7. The molecule has 0 aliphatic carbocycles. The molecule has 120 valence electrons. The summed E-state index contributed by atoms with van der Waals surface area (Å²) in [5.74, 6) is -1.18. The summed E-state index contributed by atoms with van der Waals surface area (Å²) < 4.78 is 40.5. The molecule has 0 bridgehead atoms. The molecule has 0 unspecified atom stereocenters. The van der Waals surface area contributed by atoms with Crippen molar-refractivity contribution < 1.29 is 17.6 Å². The van der Waals surface area contributed by atoms with Gasteiger partial charge in [-0.2, -0.15) is 4.72 Å². The number of nitrogens with zero attached hydrogens (tertiary/aromatic N) is 1. The van der Waals surface area contributed by atoms with Crippen molar-refractivity contribution in [2.45, 2.75) is 17.4 Å². The zero-order valence-electron chi connectivity index (χ0n) is 12.1. The molecule has 2 aromatic rings. The highest BCUT2D eigenvalue weighted by molar-refractivity contribution is 7.89. The Labute approximate surface area is 133 Å². The van der Waals surface area contributed by atoms with Gasteiger partial charge in [-0.05, 0) is 30.7 Å². The van der Waals surface area contributed by atoms with Crippen LogP contribution in [0.1, 0.15) is 6.42 Å². The molecule has 0 saturated carbocycles. The van der Waals surface area contributed by atoms with Gasteiger partial charge in [-0.15, -0.1) is 0 Å². The number of anilines is 1. The van der Waals surface area contributed by atoms with E-state index in [1.54, 1.807) is 24.3 Å². The summed E-state index contributed by atoms with van der Waals surface area (Å²) in [5, 5.41) is 0. The molecule has 7 heteroatoms. The Bertz CT molecular complexity index is 824. The van der Waals surface area contributed by atoms with Gasteiger partial charge in [-0.3, -0.25) is 4.79 Å². The predicted octanol–water partition coefficient (Wildman–Crippen LogP) is 1.91. The normalized spacial score (nSPS) is 18.4. The molecule has 1 atom stereocenters. The SMILES string of the molecule is O=C1[C@H](NS(=O)(=O)c2ccccc2F)CCN1c1ccccc1. The van der Waals surface area contributed by atoms with Gasteiger partial charge in [0.05, 0.1) is 0 Å². The minimum absolute atomic E-state index is 0.335. The molecule has 0 aromatic heterocycles. The fourth-order valence-electron chi connectivity index (χ4n) is 2.57. The second-order valence-corrected chi connectivity index (χ2v) is 6.90. The van der Waals surface area contributed by atoms with Crippen LogP contribution in [0.25, 0.3) is 0 Å². The third kappa shape index (κ3) is 3.11. The molecule has 3 rings (SSSR count). The second-order valence-electron chi connectivity index (χ2n) is 5.22. The number of hydrogen-bond acceptors (Lipinski definition) is 3. The van der Waals surface area contributed by atoms with Gasteiger partial charge < -0.3 is 4.90 Å². The molecule has 1 amide bonds. The first-order valence-electron chi connectivity index (χ1n) is 7.12. The molecule has 23 heavy (non-hydrogen) atoms. The Hall–Kier alpha value is -2.25. The van der Waals surface area contributed by atoms with Crippen LogP contribution in [0.5, 0.6) is 0 Å². The number of rotatable bonds is 4. The number of benzene rings is 2. The van der Waals surface area contributed by atoms with Crippen LogP contribution in [0.4, 0.5) is 10.1 Å². The van der Waals surface area contributed by atoms with Gasteiger partial charge in [0.1, 0.15) is 16.8 Å². The van der Waals surface area contributed by atoms with Crippen LogP contribution >= 0.6 is 0 Å². The van der Waals surface area contributed by atoms with E-state index in [4.69, 9.17) is 0 Å². The molecule has 1 aliphatic heterocycles. The van der Waals surface area contributed by atoms with Crippen molar-refractivity contribution in [3.05, 3.63) is 60.4 Å². The van der Waals surface area contributed by atoms with Crippen LogP contribution in [-0.2, 0) is 14.8 Å². The van der Waals surface area contributed by atoms with Crippen LogP contribution in [0.2, 0.25) is 0 Å². The molecule has 1 saturated heterocycles. The highest BCUT2D eigenvalue weighted by atomic mass is 32.2. The van der Waals surface area contributed by atoms with E-state index in [9.17, 15) is 17.6 Å². The first-order valence-corrected chi connectivity index (χ1v) is 8.60. The molecular formula is C16H15FN2O3S. The van der Waals surface area contributed by atoms with E-state index in [1.807, 2.05) is 6.07 Å². The maximum Gasteiger partial charge on any atom is 0.245 e. The molecule has 1 aliphatic rings. The molecule has 2 aromatic carbocycles. The number of carbonyl (C=O) groups excluding carboxylic acids is 1. The number of sulfonamides is 1. The zero-order valence-corrected chi connectivity index (χ0v) is 13.0. The fraction of sp³-hybridized carbons (Fsp3) is 0.188. The lowest BCUT2D eigenvalue weighted by molar-refractivity contribution is -0.118. The average Bonchev–Trinajstić information content (AvgIpc) is 2.89. The van der Waals surface area contributed by atoms with E-state index < -0.39 is 26.8 Å². The average molecular weight is 334 g/mol. The lowest BCUT2D eigenvalue weighted by Gasteiger charge is -2.17. The van der Waals surface area contributed by atoms with E-state index in [1.165, 1.54) is 23.1 Å². The van der Waals surface area contributed by atoms with Gasteiger partial charge in [0.2, 0.25) is 15.9 Å². The molecule has 0 spiro atoms. The quantitative estimate of drug-likeness (QED) is 0.929. The van der Waals surface area contributed by atoms with Crippen molar-refractivity contribution in [2.24, 2.45) is 0 Å². The topological polar surface area (TPSA) is 66.5 Å². The first-order chi connectivity index (χ1) is 11.0. The Balaban J connectivity index is 1.79. The summed E-state index contributed by atoms with van der Waals surface area (Å²) in [6, 6.07) is 13.2. The first kappa shape index (κ1) is 15.6. The third-order valence-electron chi connectivity index (χ3n) is 3.70. The van der Waals surface area contributed by atoms with Gasteiger partial charge in [0.15, 0.2) is 0 Å². The summed E-state index contributed by atoms with van der Waals surface area (Å²) in [5.41, 5.74) is 0.713. The largest absolute Gasteiger partial charge is 0.311 e. The van der Waals surface area contributed by atoms with Crippen LogP contribution < -0.4 is 9.62 Å². The second kappa shape index (κ2) is 6.10. The fourth-order valence-corrected chi connectivity index (χ4v) is 3.87. The molecule has 5 nitrogen and oxygen atoms in total. The van der Waals surface area contributed by atoms with E-state index >= 15 is 0 Å². The van der Waals surface area contributed by atoms with E-state index in [0.29, 0.717) is 18.7 Å². The minimum Gasteiger partial charge on any atom is -0.311 e. The lowest BCUT2D eigenvalue weighted by Crippen LogP contribution is -2.41. The number of para-hydroxylation sites is 1. The molecule has 1 heterocycles. The van der Waals surface area contributed by atoms with Gasteiger partial charge >= 0.3 is 0 Å². The third-order valence-corrected chi connectivity index (χ3v) is 5.20. The van der Waals surface area contributed by atoms with Gasteiger partial charge in [0.25, 0.3) is 0 Å². The Morgan fingerprint density at radius 2 is 1.70 bits per heavy atom. The van der Waals surface area contributed by atoms with E-state index in [2.05, 4.69) is 4.72 Å². The van der Waals surface area contributed by atoms with Crippen molar-refractivity contribution in [3.63, 3.8) is 0 Å². The number of nitrogens with one attached hydrogen (secondary N) is 1. The molecular weight excluding hydrogens is 319 g/mol. The summed E-state index contributed by atoms with van der Waals surface area (Å²) in [4.78, 5) is 13.5. The smallest absolute Gasteiger partial charge is 0.245 e. The summed E-state index contributed by atoms with van der Waals surface area (Å²) in [7, 11) is -4.09. The van der Waals surface area contributed by atoms with Gasteiger partial charge in [0, 0.05) is 12.2 Å². The minimum atomic E-state index is -4.09. The molecule has 0 radical (unpaired) electrons. The molecule has 1 fully saturated rings. The van der Waals surface area contributed by atoms with E-state index in [-0.39, 0.29) is 5.91 Å². The van der Waals surface area contributed by atoms with Gasteiger partial charge in [-0.25, -0.2) is 12.8 Å². The van der Waals surface area contributed by atoms with Crippen LogP contribution in [-0.4, -0.2) is 26.9 Å². The van der Waals surface area contributed by atoms with E-state index in [0.717, 1.165) is 6.07 Å². The lowest BCUT2D eigenvalue weighted by atomic mass is 10.3. The van der Waals surface area contributed by atoms with Crippen molar-refractivity contribution in [1.29, 1.82) is 0 Å². The molecule has 1 N–H and O–H groups in total. The number of halogens is 1. The zero-order chi connectivity index (χ0) is 16.4. The van der Waals surface area contributed by atoms with Crippen molar-refractivity contribution in [2.75, 3.05) is 11.4 Å². The van der Waals surface area contributed by atoms with Crippen LogP contribution in [0.15, 0.2) is 59.5 Å². The van der Waals surface area contributed by atoms with Crippen molar-refractivity contribution >= 4 is 21.6 Å². The Morgan fingerprint density at radius 1 is 1.04 bits per heavy atom. The number of carbonyl (C=O) groups is 1. The highest BCUT2D eigenvalue weighted by Crippen LogP contribution is 2.22. The number of amides is 1.